The molecule has 1 aromatic heterocycles. The number of halogens is 1. The van der Waals surface area contributed by atoms with E-state index < -0.39 is 18.4 Å². The van der Waals surface area contributed by atoms with Crippen molar-refractivity contribution in [2.45, 2.75) is 83.0 Å². The Morgan fingerprint density at radius 1 is 1.00 bits per heavy atom. The second-order valence-corrected chi connectivity index (χ2v) is 12.1. The van der Waals surface area contributed by atoms with Crippen LogP contribution in [0.2, 0.25) is 5.02 Å². The van der Waals surface area contributed by atoms with Crippen molar-refractivity contribution < 1.29 is 28.6 Å². The first-order valence-corrected chi connectivity index (χ1v) is 15.9. The van der Waals surface area contributed by atoms with Crippen molar-refractivity contribution in [1.82, 2.24) is 10.3 Å². The second kappa shape index (κ2) is 15.5. The summed E-state index contributed by atoms with van der Waals surface area (Å²) in [6.07, 6.45) is 11.1. The number of oxazole rings is 1. The second-order valence-electron chi connectivity index (χ2n) is 11.7. The Balaban J connectivity index is 1.26. The quantitative estimate of drug-likeness (QED) is 0.194. The highest BCUT2D eigenvalue weighted by Gasteiger charge is 2.38. The number of carboxylic acid groups (broad SMARTS) is 1. The number of nitrogens with one attached hydrogen (secondary N) is 1. The van der Waals surface area contributed by atoms with Gasteiger partial charge in [-0.05, 0) is 42.4 Å². The molecular formula is C34H41ClN2O6. The molecule has 2 N–H and O–H groups in total. The Morgan fingerprint density at radius 3 is 2.56 bits per heavy atom. The first-order chi connectivity index (χ1) is 21.0. The van der Waals surface area contributed by atoms with Crippen molar-refractivity contribution in [3.8, 4) is 0 Å². The predicted molar refractivity (Wildman–Crippen MR) is 163 cm³/mol. The van der Waals surface area contributed by atoms with Gasteiger partial charge >= 0.3 is 5.97 Å². The van der Waals surface area contributed by atoms with E-state index in [2.05, 4.69) is 10.3 Å². The minimum atomic E-state index is -0.839. The van der Waals surface area contributed by atoms with Crippen LogP contribution in [0.5, 0.6) is 0 Å². The van der Waals surface area contributed by atoms with Crippen LogP contribution in [0.3, 0.4) is 0 Å². The van der Waals surface area contributed by atoms with E-state index in [4.69, 9.17) is 25.5 Å². The van der Waals surface area contributed by atoms with Crippen molar-refractivity contribution >= 4 is 23.5 Å². The summed E-state index contributed by atoms with van der Waals surface area (Å²) in [5.74, 6) is -0.157. The minimum Gasteiger partial charge on any atom is -0.481 e. The number of hydrogen-bond donors (Lipinski definition) is 2. The molecule has 1 aliphatic carbocycles. The molecule has 0 radical (unpaired) electrons. The Hall–Kier alpha value is -3.20. The van der Waals surface area contributed by atoms with Crippen molar-refractivity contribution in [2.75, 3.05) is 13.2 Å². The van der Waals surface area contributed by atoms with E-state index in [1.54, 1.807) is 6.07 Å². The molecule has 1 saturated carbocycles. The van der Waals surface area contributed by atoms with Crippen molar-refractivity contribution in [2.24, 2.45) is 11.8 Å². The topological polar surface area (TPSA) is 111 Å². The minimum absolute atomic E-state index is 0.0471. The van der Waals surface area contributed by atoms with Gasteiger partial charge in [0.1, 0.15) is 12.4 Å². The molecule has 230 valence electrons. The molecule has 1 saturated heterocycles. The van der Waals surface area contributed by atoms with Crippen LogP contribution in [0.25, 0.3) is 0 Å². The van der Waals surface area contributed by atoms with Crippen LogP contribution >= 0.6 is 11.6 Å². The third-order valence-electron chi connectivity index (χ3n) is 8.58. The van der Waals surface area contributed by atoms with E-state index in [-0.39, 0.29) is 23.9 Å². The molecule has 2 heterocycles. The lowest BCUT2D eigenvalue weighted by Gasteiger charge is -2.35. The van der Waals surface area contributed by atoms with Crippen LogP contribution in [0, 0.1) is 11.8 Å². The fourth-order valence-electron chi connectivity index (χ4n) is 6.21. The number of carbonyl (C=O) groups is 2. The van der Waals surface area contributed by atoms with Gasteiger partial charge in [-0.2, -0.15) is 0 Å². The molecule has 8 nitrogen and oxygen atoms in total. The SMILES string of the molecule is O=C(O)CCc1ccccc1C[C@H]1CO[C@@H](c2ccccc2Cl)O[C@H]1c1nc(C(=O)NCCCCC2CCCCC2)co1. The molecule has 1 aliphatic heterocycles. The van der Waals surface area contributed by atoms with Crippen molar-refractivity contribution in [1.29, 1.82) is 0 Å². The molecule has 0 bridgehead atoms. The van der Waals surface area contributed by atoms with E-state index >= 15 is 0 Å². The molecule has 9 heteroatoms. The molecule has 1 amide bonds. The summed E-state index contributed by atoms with van der Waals surface area (Å²) in [6, 6.07) is 15.2. The highest BCUT2D eigenvalue weighted by atomic mass is 35.5. The fourth-order valence-corrected chi connectivity index (χ4v) is 6.44. The molecular weight excluding hydrogens is 568 g/mol. The number of carboxylic acids is 1. The number of ether oxygens (including phenoxy) is 2. The Bertz CT molecular complexity index is 1350. The fraction of sp³-hybridized carbons (Fsp3) is 0.500. The maximum atomic E-state index is 12.9. The zero-order valence-corrected chi connectivity index (χ0v) is 25.3. The molecule has 2 fully saturated rings. The van der Waals surface area contributed by atoms with Crippen LogP contribution < -0.4 is 5.32 Å². The van der Waals surface area contributed by atoms with Gasteiger partial charge in [-0.3, -0.25) is 9.59 Å². The predicted octanol–water partition coefficient (Wildman–Crippen LogP) is 7.47. The number of carbonyl (C=O) groups excluding carboxylic acids is 1. The standard InChI is InChI=1S/C34H41ClN2O6/c35-28-16-7-6-15-27(28)34-42-21-26(20-25-14-5-4-13-24(25)17-18-30(38)39)31(43-34)33-37-29(22-41-33)32(40)36-19-9-8-12-23-10-2-1-3-11-23/h4-7,13-16,22-23,26,31,34H,1-3,8-12,17-21H2,(H,36,40)(H,38,39)/t26-,31+,34+/m0/s1. The molecule has 2 aliphatic rings. The Labute approximate surface area is 258 Å². The van der Waals surface area contributed by atoms with Crippen LogP contribution in [0.15, 0.2) is 59.2 Å². The number of rotatable bonds is 13. The third-order valence-corrected chi connectivity index (χ3v) is 8.92. The maximum Gasteiger partial charge on any atom is 0.303 e. The maximum absolute atomic E-state index is 12.9. The number of benzene rings is 2. The molecule has 2 aromatic carbocycles. The highest BCUT2D eigenvalue weighted by Crippen LogP contribution is 2.41. The first-order valence-electron chi connectivity index (χ1n) is 15.5. The van der Waals surface area contributed by atoms with E-state index in [9.17, 15) is 14.7 Å². The van der Waals surface area contributed by atoms with Crippen LogP contribution in [0.4, 0.5) is 0 Å². The molecule has 3 atom stereocenters. The van der Waals surface area contributed by atoms with Gasteiger partial charge in [0.15, 0.2) is 12.0 Å². The molecule has 0 unspecified atom stereocenters. The number of aliphatic carboxylic acids is 1. The molecule has 5 rings (SSSR count). The Morgan fingerprint density at radius 2 is 1.77 bits per heavy atom. The van der Waals surface area contributed by atoms with Crippen LogP contribution in [-0.4, -0.2) is 35.1 Å². The largest absolute Gasteiger partial charge is 0.481 e. The Kier molecular flexibility index (Phi) is 11.3. The van der Waals surface area contributed by atoms with Crippen LogP contribution in [-0.2, 0) is 27.1 Å². The molecule has 43 heavy (non-hydrogen) atoms. The van der Waals surface area contributed by atoms with Gasteiger partial charge in [-0.25, -0.2) is 4.98 Å². The monoisotopic (exact) mass is 608 g/mol. The summed E-state index contributed by atoms with van der Waals surface area (Å²) in [4.78, 5) is 28.7. The van der Waals surface area contributed by atoms with Gasteiger partial charge in [0, 0.05) is 29.5 Å². The zero-order valence-electron chi connectivity index (χ0n) is 24.5. The summed E-state index contributed by atoms with van der Waals surface area (Å²) >= 11 is 6.46. The summed E-state index contributed by atoms with van der Waals surface area (Å²) in [7, 11) is 0. The number of aryl methyl sites for hydroxylation is 1. The average molecular weight is 609 g/mol. The van der Waals surface area contributed by atoms with Gasteiger partial charge in [0.25, 0.3) is 5.91 Å². The van der Waals surface area contributed by atoms with Crippen molar-refractivity contribution in [3.63, 3.8) is 0 Å². The summed E-state index contributed by atoms with van der Waals surface area (Å²) in [6.45, 7) is 0.935. The summed E-state index contributed by atoms with van der Waals surface area (Å²) in [5.41, 5.74) is 2.90. The van der Waals surface area contributed by atoms with Crippen molar-refractivity contribution in [3.05, 3.63) is 88.1 Å². The lowest BCUT2D eigenvalue weighted by molar-refractivity contribution is -0.249. The highest BCUT2D eigenvalue weighted by molar-refractivity contribution is 6.31. The number of aromatic nitrogens is 1. The van der Waals surface area contributed by atoms with E-state index in [0.29, 0.717) is 42.5 Å². The number of nitrogens with zero attached hydrogens (tertiary/aromatic N) is 1. The molecule has 3 aromatic rings. The summed E-state index contributed by atoms with van der Waals surface area (Å²) in [5, 5.41) is 12.7. The third kappa shape index (κ3) is 8.68. The lowest BCUT2D eigenvalue weighted by Crippen LogP contribution is -2.32. The smallest absolute Gasteiger partial charge is 0.303 e. The van der Waals surface area contributed by atoms with Gasteiger partial charge < -0.3 is 24.3 Å². The average Bonchev–Trinajstić information content (AvgIpc) is 3.52. The van der Waals surface area contributed by atoms with Gasteiger partial charge in [0.05, 0.1) is 6.61 Å². The van der Waals surface area contributed by atoms with Gasteiger partial charge in [0.2, 0.25) is 5.89 Å². The van der Waals surface area contributed by atoms with Gasteiger partial charge in [-0.1, -0.05) is 99.0 Å². The van der Waals surface area contributed by atoms with E-state index in [1.807, 2.05) is 42.5 Å². The number of hydrogen-bond acceptors (Lipinski definition) is 6. The van der Waals surface area contributed by atoms with Crippen LogP contribution in [0.1, 0.15) is 103 Å². The number of unbranched alkanes of at least 4 members (excludes halogenated alkanes) is 1. The lowest BCUT2D eigenvalue weighted by atomic mass is 9.86. The first kappa shape index (κ1) is 31.2. The van der Waals surface area contributed by atoms with Gasteiger partial charge in [-0.15, -0.1) is 0 Å². The van der Waals surface area contributed by atoms with E-state index in [1.165, 1.54) is 44.8 Å². The number of amides is 1. The zero-order chi connectivity index (χ0) is 30.0. The molecule has 0 spiro atoms. The normalized spacial score (nSPS) is 21.0. The van der Waals surface area contributed by atoms with E-state index in [0.717, 1.165) is 29.9 Å². The summed E-state index contributed by atoms with van der Waals surface area (Å²) < 4.78 is 18.4.